The van der Waals surface area contributed by atoms with E-state index in [-0.39, 0.29) is 12.7 Å². The van der Waals surface area contributed by atoms with Gasteiger partial charge in [-0.05, 0) is 32.0 Å². The van der Waals surface area contributed by atoms with Crippen molar-refractivity contribution < 1.29 is 8.81 Å². The maximum Gasteiger partial charge on any atom is 0.120 e. The lowest BCUT2D eigenvalue weighted by molar-refractivity contribution is 0.407. The van der Waals surface area contributed by atoms with Crippen LogP contribution in [0, 0.1) is 0 Å². The van der Waals surface area contributed by atoms with Gasteiger partial charge in [0.25, 0.3) is 0 Å². The fourth-order valence-corrected chi connectivity index (χ4v) is 1.02. The lowest BCUT2D eigenvalue weighted by Gasteiger charge is -2.09. The molecular formula is C9H14FNO. The Labute approximate surface area is 71.8 Å². The third-order valence-corrected chi connectivity index (χ3v) is 1.73. The van der Waals surface area contributed by atoms with Crippen molar-refractivity contribution in [3.8, 4) is 0 Å². The number of furan rings is 1. The summed E-state index contributed by atoms with van der Waals surface area (Å²) in [6.45, 7) is 2.42. The number of nitrogens with one attached hydrogen (secondary N) is 1. The summed E-state index contributed by atoms with van der Waals surface area (Å²) in [5, 5.41) is 3.15. The lowest BCUT2D eigenvalue weighted by Crippen LogP contribution is -2.19. The number of alkyl halides is 1. The Morgan fingerprint density at radius 1 is 1.67 bits per heavy atom. The topological polar surface area (TPSA) is 25.2 Å². The van der Waals surface area contributed by atoms with Crippen molar-refractivity contribution in [1.29, 1.82) is 0 Å². The molecule has 0 saturated carbocycles. The van der Waals surface area contributed by atoms with Gasteiger partial charge in [-0.15, -0.1) is 0 Å². The molecule has 2 nitrogen and oxygen atoms in total. The molecule has 0 saturated heterocycles. The van der Waals surface area contributed by atoms with Crippen molar-refractivity contribution >= 4 is 0 Å². The zero-order valence-corrected chi connectivity index (χ0v) is 7.22. The lowest BCUT2D eigenvalue weighted by atomic mass is 10.2. The molecule has 0 aromatic carbocycles. The molecule has 0 amide bonds. The van der Waals surface area contributed by atoms with Crippen LogP contribution in [0.25, 0.3) is 0 Å². The summed E-state index contributed by atoms with van der Waals surface area (Å²) in [5.74, 6) is 0.897. The fraction of sp³-hybridized carbons (Fsp3) is 0.556. The molecule has 0 aliphatic carbocycles. The van der Waals surface area contributed by atoms with Crippen molar-refractivity contribution in [2.75, 3.05) is 13.2 Å². The molecule has 0 fully saturated rings. The van der Waals surface area contributed by atoms with Gasteiger partial charge in [0, 0.05) is 0 Å². The smallest absolute Gasteiger partial charge is 0.120 e. The minimum absolute atomic E-state index is 0.173. The van der Waals surface area contributed by atoms with E-state index < -0.39 is 0 Å². The van der Waals surface area contributed by atoms with Crippen LogP contribution in [0.15, 0.2) is 22.8 Å². The summed E-state index contributed by atoms with van der Waals surface area (Å²) >= 11 is 0. The van der Waals surface area contributed by atoms with Crippen LogP contribution in [0.5, 0.6) is 0 Å². The van der Waals surface area contributed by atoms with Crippen molar-refractivity contribution in [1.82, 2.24) is 5.32 Å². The number of hydrogen-bond acceptors (Lipinski definition) is 2. The van der Waals surface area contributed by atoms with E-state index >= 15 is 0 Å². The zero-order chi connectivity index (χ0) is 8.81. The Kier molecular flexibility index (Phi) is 3.80. The van der Waals surface area contributed by atoms with Crippen LogP contribution in [0.4, 0.5) is 4.39 Å². The zero-order valence-electron chi connectivity index (χ0n) is 7.22. The Morgan fingerprint density at radius 2 is 2.50 bits per heavy atom. The highest BCUT2D eigenvalue weighted by Crippen LogP contribution is 2.11. The van der Waals surface area contributed by atoms with Gasteiger partial charge in [-0.3, -0.25) is 4.39 Å². The molecule has 12 heavy (non-hydrogen) atoms. The first-order valence-electron chi connectivity index (χ1n) is 4.17. The van der Waals surface area contributed by atoms with Crippen LogP contribution in [0.2, 0.25) is 0 Å². The molecule has 68 valence electrons. The minimum Gasteiger partial charge on any atom is -0.468 e. The third kappa shape index (κ3) is 2.66. The molecule has 1 atom stereocenters. The molecule has 1 heterocycles. The Hall–Kier alpha value is -0.830. The first-order valence-corrected chi connectivity index (χ1v) is 4.17. The van der Waals surface area contributed by atoms with Crippen molar-refractivity contribution in [3.05, 3.63) is 24.2 Å². The van der Waals surface area contributed by atoms with Gasteiger partial charge in [0.1, 0.15) is 5.76 Å². The molecule has 1 rings (SSSR count). The maximum absolute atomic E-state index is 11.7. The summed E-state index contributed by atoms with van der Waals surface area (Å²) in [5.41, 5.74) is 0. The first-order chi connectivity index (χ1) is 5.84. The van der Waals surface area contributed by atoms with Crippen LogP contribution >= 0.6 is 0 Å². The fourth-order valence-electron chi connectivity index (χ4n) is 1.02. The first kappa shape index (κ1) is 9.26. The molecule has 0 radical (unpaired) electrons. The Morgan fingerprint density at radius 3 is 3.08 bits per heavy atom. The predicted octanol–water partition coefficient (Wildman–Crippen LogP) is 2.29. The van der Waals surface area contributed by atoms with Gasteiger partial charge in [0.05, 0.1) is 19.0 Å². The minimum atomic E-state index is -0.266. The quantitative estimate of drug-likeness (QED) is 0.687. The maximum atomic E-state index is 11.7. The van der Waals surface area contributed by atoms with E-state index in [0.717, 1.165) is 5.76 Å². The third-order valence-electron chi connectivity index (χ3n) is 1.73. The second-order valence-electron chi connectivity index (χ2n) is 2.73. The highest BCUT2D eigenvalue weighted by molar-refractivity contribution is 5.02. The summed E-state index contributed by atoms with van der Waals surface area (Å²) in [6.07, 6.45) is 2.20. The normalized spacial score (nSPS) is 13.2. The SMILES string of the molecule is CC(NCCCF)c1ccco1. The van der Waals surface area contributed by atoms with E-state index in [9.17, 15) is 4.39 Å². The van der Waals surface area contributed by atoms with Gasteiger partial charge < -0.3 is 9.73 Å². The van der Waals surface area contributed by atoms with E-state index in [1.165, 1.54) is 0 Å². The second-order valence-corrected chi connectivity index (χ2v) is 2.73. The highest BCUT2D eigenvalue weighted by Gasteiger charge is 2.05. The number of hydrogen-bond donors (Lipinski definition) is 1. The highest BCUT2D eigenvalue weighted by atomic mass is 19.1. The summed E-state index contributed by atoms with van der Waals surface area (Å²) in [4.78, 5) is 0. The van der Waals surface area contributed by atoms with Crippen molar-refractivity contribution in [2.24, 2.45) is 0 Å². The van der Waals surface area contributed by atoms with Crippen molar-refractivity contribution in [3.63, 3.8) is 0 Å². The van der Waals surface area contributed by atoms with Gasteiger partial charge in [-0.25, -0.2) is 0 Å². The largest absolute Gasteiger partial charge is 0.468 e. The molecule has 0 bridgehead atoms. The van der Waals surface area contributed by atoms with Crippen LogP contribution in [0.3, 0.4) is 0 Å². The van der Waals surface area contributed by atoms with Crippen LogP contribution < -0.4 is 5.32 Å². The average molecular weight is 171 g/mol. The van der Waals surface area contributed by atoms with Crippen molar-refractivity contribution in [2.45, 2.75) is 19.4 Å². The van der Waals surface area contributed by atoms with E-state index in [0.29, 0.717) is 13.0 Å². The van der Waals surface area contributed by atoms with Crippen LogP contribution in [0.1, 0.15) is 25.1 Å². The molecule has 1 aromatic rings. The Balaban J connectivity index is 2.25. The van der Waals surface area contributed by atoms with E-state index in [4.69, 9.17) is 4.42 Å². The Bertz CT molecular complexity index is 198. The summed E-state index contributed by atoms with van der Waals surface area (Å²) in [6, 6.07) is 3.93. The van der Waals surface area contributed by atoms with Gasteiger partial charge in [-0.2, -0.15) is 0 Å². The van der Waals surface area contributed by atoms with Crippen LogP contribution in [-0.4, -0.2) is 13.2 Å². The molecule has 1 aromatic heterocycles. The molecule has 0 aliphatic heterocycles. The summed E-state index contributed by atoms with van der Waals surface area (Å²) in [7, 11) is 0. The predicted molar refractivity (Wildman–Crippen MR) is 45.7 cm³/mol. The molecule has 1 unspecified atom stereocenters. The van der Waals surface area contributed by atoms with Crippen LogP contribution in [-0.2, 0) is 0 Å². The molecular weight excluding hydrogens is 157 g/mol. The van der Waals surface area contributed by atoms with E-state index in [1.807, 2.05) is 19.1 Å². The second kappa shape index (κ2) is 4.93. The van der Waals surface area contributed by atoms with Gasteiger partial charge >= 0.3 is 0 Å². The van der Waals surface area contributed by atoms with E-state index in [2.05, 4.69) is 5.32 Å². The average Bonchev–Trinajstić information content (AvgIpc) is 2.56. The van der Waals surface area contributed by atoms with Gasteiger partial charge in [0.15, 0.2) is 0 Å². The molecule has 1 N–H and O–H groups in total. The monoisotopic (exact) mass is 171 g/mol. The number of halogens is 1. The van der Waals surface area contributed by atoms with E-state index in [1.54, 1.807) is 6.26 Å². The van der Waals surface area contributed by atoms with Gasteiger partial charge in [0.2, 0.25) is 0 Å². The van der Waals surface area contributed by atoms with Gasteiger partial charge in [-0.1, -0.05) is 0 Å². The molecule has 0 spiro atoms. The summed E-state index contributed by atoms with van der Waals surface area (Å²) < 4.78 is 16.9. The standard InChI is InChI=1S/C9H14FNO/c1-8(11-6-3-5-10)9-4-2-7-12-9/h2,4,7-8,11H,3,5-6H2,1H3. The molecule has 0 aliphatic rings. The molecule has 3 heteroatoms. The number of rotatable bonds is 5.